The highest BCUT2D eigenvalue weighted by Gasteiger charge is 2.17. The molecule has 0 saturated carbocycles. The third-order valence-electron chi connectivity index (χ3n) is 3.34. The van der Waals surface area contributed by atoms with Crippen LogP contribution in [0.25, 0.3) is 0 Å². The fourth-order valence-corrected chi connectivity index (χ4v) is 3.43. The number of hydrogen-bond donors (Lipinski definition) is 2. The first kappa shape index (κ1) is 17.6. The minimum Gasteiger partial charge on any atom is -0.388 e. The zero-order valence-electron chi connectivity index (χ0n) is 12.4. The van der Waals surface area contributed by atoms with Gasteiger partial charge in [-0.1, -0.05) is 53.5 Å². The van der Waals surface area contributed by atoms with Gasteiger partial charge in [0, 0.05) is 28.1 Å². The number of benzene rings is 2. The molecular weight excluding hydrogens is 337 g/mol. The highest BCUT2D eigenvalue weighted by molar-refractivity contribution is 7.98. The van der Waals surface area contributed by atoms with E-state index < -0.39 is 5.60 Å². The maximum Gasteiger partial charge on any atom is 0.0831 e. The van der Waals surface area contributed by atoms with Crippen molar-refractivity contribution in [2.24, 2.45) is 5.73 Å². The summed E-state index contributed by atoms with van der Waals surface area (Å²) in [5.41, 5.74) is 5.63. The summed E-state index contributed by atoms with van der Waals surface area (Å²) in [6.07, 6.45) is 0. The number of aliphatic hydroxyl groups is 1. The predicted octanol–water partition coefficient (Wildman–Crippen LogP) is 4.22. The second kappa shape index (κ2) is 7.71. The lowest BCUT2D eigenvalue weighted by Gasteiger charge is -2.20. The summed E-state index contributed by atoms with van der Waals surface area (Å²) in [7, 11) is 0. The van der Waals surface area contributed by atoms with Crippen molar-refractivity contribution in [2.75, 3.05) is 12.3 Å². The van der Waals surface area contributed by atoms with Crippen LogP contribution in [0.5, 0.6) is 0 Å². The van der Waals surface area contributed by atoms with Crippen molar-refractivity contribution in [1.82, 2.24) is 0 Å². The smallest absolute Gasteiger partial charge is 0.0831 e. The van der Waals surface area contributed by atoms with E-state index >= 15 is 0 Å². The molecule has 0 spiro atoms. The molecular formula is C17H19Cl2NOS. The maximum atomic E-state index is 9.71. The van der Waals surface area contributed by atoms with Gasteiger partial charge in [-0.05, 0) is 35.1 Å². The molecule has 5 heteroatoms. The van der Waals surface area contributed by atoms with Crippen molar-refractivity contribution in [3.63, 3.8) is 0 Å². The van der Waals surface area contributed by atoms with Crippen LogP contribution in [-0.2, 0) is 5.75 Å². The Morgan fingerprint density at radius 3 is 2.09 bits per heavy atom. The average Bonchev–Trinajstić information content (AvgIpc) is 2.46. The lowest BCUT2D eigenvalue weighted by Crippen LogP contribution is -2.36. The number of nitrogens with two attached hydrogens (primary N) is 1. The quantitative estimate of drug-likeness (QED) is 0.719. The first-order valence-corrected chi connectivity index (χ1v) is 8.87. The molecule has 2 nitrogen and oxygen atoms in total. The van der Waals surface area contributed by atoms with Crippen LogP contribution in [0.15, 0.2) is 42.5 Å². The van der Waals surface area contributed by atoms with Gasteiger partial charge in [0.2, 0.25) is 0 Å². The zero-order chi connectivity index (χ0) is 16.2. The van der Waals surface area contributed by atoms with Gasteiger partial charge in [-0.3, -0.25) is 0 Å². The van der Waals surface area contributed by atoms with Crippen molar-refractivity contribution in [3.8, 4) is 0 Å². The number of hydrogen-bond acceptors (Lipinski definition) is 3. The summed E-state index contributed by atoms with van der Waals surface area (Å²) in [4.78, 5) is 0. The van der Waals surface area contributed by atoms with E-state index in [1.54, 1.807) is 24.8 Å². The van der Waals surface area contributed by atoms with Crippen molar-refractivity contribution in [1.29, 1.82) is 0 Å². The second-order valence-electron chi connectivity index (χ2n) is 5.51. The molecule has 0 bridgehead atoms. The van der Waals surface area contributed by atoms with Crippen LogP contribution in [0.4, 0.5) is 0 Å². The Bertz CT molecular complexity index is 683. The van der Waals surface area contributed by atoms with Gasteiger partial charge in [0.05, 0.1) is 5.60 Å². The molecule has 2 aliphatic carbocycles. The zero-order valence-corrected chi connectivity index (χ0v) is 14.7. The standard InChI is InChI=1S/C11H15Cl2NOS.C6H4/c1-11(15,6-14)7-16-5-8-2-3-9(12)4-10(8)13;1-2-6-4-3-5(1)6/h2-4,15H,5-7,14H2,1H3;1-4H. The summed E-state index contributed by atoms with van der Waals surface area (Å²) < 4.78 is 0. The molecule has 118 valence electrons. The van der Waals surface area contributed by atoms with Gasteiger partial charge < -0.3 is 10.8 Å². The lowest BCUT2D eigenvalue weighted by molar-refractivity contribution is 0.0949. The second-order valence-corrected chi connectivity index (χ2v) is 7.34. The van der Waals surface area contributed by atoms with E-state index in [0.29, 0.717) is 15.8 Å². The van der Waals surface area contributed by atoms with E-state index in [2.05, 4.69) is 24.3 Å². The van der Waals surface area contributed by atoms with Crippen molar-refractivity contribution in [3.05, 3.63) is 68.5 Å². The number of halogens is 2. The first-order chi connectivity index (χ1) is 10.4. The molecule has 0 saturated heterocycles. The molecule has 1 unspecified atom stereocenters. The first-order valence-electron chi connectivity index (χ1n) is 6.96. The normalized spacial score (nSPS) is 13.9. The summed E-state index contributed by atoms with van der Waals surface area (Å²) in [5, 5.41) is 13.9. The number of rotatable bonds is 5. The summed E-state index contributed by atoms with van der Waals surface area (Å²) in [6, 6.07) is 13.9. The highest BCUT2D eigenvalue weighted by atomic mass is 35.5. The monoisotopic (exact) mass is 355 g/mol. The lowest BCUT2D eigenvalue weighted by atomic mass is 10.1. The Kier molecular flexibility index (Phi) is 6.18. The van der Waals surface area contributed by atoms with Gasteiger partial charge in [-0.25, -0.2) is 0 Å². The van der Waals surface area contributed by atoms with E-state index in [0.717, 1.165) is 11.3 Å². The van der Waals surface area contributed by atoms with Crippen LogP contribution >= 0.6 is 35.0 Å². The van der Waals surface area contributed by atoms with Gasteiger partial charge in [0.1, 0.15) is 0 Å². The highest BCUT2D eigenvalue weighted by Crippen LogP contribution is 2.25. The Labute approximate surface area is 144 Å². The maximum absolute atomic E-state index is 9.71. The topological polar surface area (TPSA) is 46.2 Å². The average molecular weight is 356 g/mol. The molecule has 3 N–H and O–H groups in total. The molecule has 0 aliphatic heterocycles. The van der Waals surface area contributed by atoms with E-state index in [9.17, 15) is 5.11 Å². The molecule has 0 amide bonds. The third kappa shape index (κ3) is 4.90. The fourth-order valence-electron chi connectivity index (χ4n) is 1.74. The predicted molar refractivity (Wildman–Crippen MR) is 96.4 cm³/mol. The van der Waals surface area contributed by atoms with Crippen LogP contribution in [0, 0.1) is 10.4 Å². The molecule has 1 aromatic rings. The van der Waals surface area contributed by atoms with E-state index in [1.807, 2.05) is 12.1 Å². The van der Waals surface area contributed by atoms with Crippen LogP contribution in [0.3, 0.4) is 0 Å². The van der Waals surface area contributed by atoms with Gasteiger partial charge in [-0.15, -0.1) is 0 Å². The Morgan fingerprint density at radius 2 is 1.68 bits per heavy atom. The Hall–Kier alpha value is -0.710. The van der Waals surface area contributed by atoms with Crippen LogP contribution in [-0.4, -0.2) is 23.0 Å². The Balaban J connectivity index is 0.000000238. The largest absolute Gasteiger partial charge is 0.388 e. The van der Waals surface area contributed by atoms with E-state index in [1.165, 1.54) is 10.4 Å². The van der Waals surface area contributed by atoms with E-state index in [4.69, 9.17) is 28.9 Å². The molecule has 3 rings (SSSR count). The molecule has 0 radical (unpaired) electrons. The SMILES string of the molecule is CC(O)(CN)CSCc1ccc(Cl)cc1Cl.c1cc2ccc1=2. The summed E-state index contributed by atoms with van der Waals surface area (Å²) in [6.45, 7) is 1.98. The molecule has 1 aromatic carbocycles. The molecule has 0 heterocycles. The van der Waals surface area contributed by atoms with Crippen LogP contribution in [0.1, 0.15) is 12.5 Å². The minimum absolute atomic E-state index is 0.258. The number of thioether (sulfide) groups is 1. The van der Waals surface area contributed by atoms with Crippen molar-refractivity contribution in [2.45, 2.75) is 18.3 Å². The Morgan fingerprint density at radius 1 is 1.09 bits per heavy atom. The van der Waals surface area contributed by atoms with Crippen molar-refractivity contribution < 1.29 is 5.11 Å². The molecule has 0 aromatic heterocycles. The molecule has 2 aliphatic rings. The van der Waals surface area contributed by atoms with Gasteiger partial charge >= 0.3 is 0 Å². The molecule has 0 fully saturated rings. The van der Waals surface area contributed by atoms with Gasteiger partial charge in [0.25, 0.3) is 0 Å². The fraction of sp³-hybridized carbons (Fsp3) is 0.294. The minimum atomic E-state index is -0.816. The molecule has 22 heavy (non-hydrogen) atoms. The summed E-state index contributed by atoms with van der Waals surface area (Å²) in [5.74, 6) is 1.33. The summed E-state index contributed by atoms with van der Waals surface area (Å²) >= 11 is 13.4. The van der Waals surface area contributed by atoms with E-state index in [-0.39, 0.29) is 6.54 Å². The molecule has 1 atom stereocenters. The third-order valence-corrected chi connectivity index (χ3v) is 5.27. The van der Waals surface area contributed by atoms with Gasteiger partial charge in [-0.2, -0.15) is 11.8 Å². The van der Waals surface area contributed by atoms with Gasteiger partial charge in [0.15, 0.2) is 0 Å². The van der Waals surface area contributed by atoms with Crippen molar-refractivity contribution >= 4 is 35.0 Å². The van der Waals surface area contributed by atoms with Crippen LogP contribution in [0.2, 0.25) is 10.0 Å². The van der Waals surface area contributed by atoms with Crippen LogP contribution < -0.4 is 5.73 Å².